The van der Waals surface area contributed by atoms with Gasteiger partial charge in [-0.3, -0.25) is 14.4 Å². The van der Waals surface area contributed by atoms with Gasteiger partial charge in [-0.15, -0.1) is 0 Å². The van der Waals surface area contributed by atoms with E-state index in [1.807, 2.05) is 32.0 Å². The Morgan fingerprint density at radius 2 is 1.48 bits per heavy atom. The molecule has 1 spiro atoms. The van der Waals surface area contributed by atoms with E-state index in [0.717, 1.165) is 29.7 Å². The number of hydrogen-bond donors (Lipinski definition) is 4. The number of benzene rings is 3. The summed E-state index contributed by atoms with van der Waals surface area (Å²) in [5, 5.41) is 18.1. The molecular formula is C38H45N5O7. The molecule has 1 unspecified atom stereocenters. The highest BCUT2D eigenvalue weighted by Gasteiger charge is 2.59. The second-order valence-corrected chi connectivity index (χ2v) is 13.4. The van der Waals surface area contributed by atoms with Gasteiger partial charge in [0.15, 0.2) is 0 Å². The van der Waals surface area contributed by atoms with Crippen LogP contribution in [0.3, 0.4) is 0 Å². The number of urea groups is 2. The van der Waals surface area contributed by atoms with Crippen molar-refractivity contribution in [3.05, 3.63) is 90.0 Å². The molecule has 3 aromatic rings. The number of carboxylic acids is 1. The highest BCUT2D eigenvalue weighted by molar-refractivity contribution is 6.10. The molecule has 1 aliphatic carbocycles. The van der Waals surface area contributed by atoms with Crippen LogP contribution in [-0.4, -0.2) is 63.4 Å². The molecule has 1 saturated heterocycles. The molecule has 264 valence electrons. The Morgan fingerprint density at radius 1 is 0.860 bits per heavy atom. The Balaban J connectivity index is 1.37. The summed E-state index contributed by atoms with van der Waals surface area (Å²) < 4.78 is 5.22. The Bertz CT molecular complexity index is 1670. The van der Waals surface area contributed by atoms with E-state index in [-0.39, 0.29) is 25.3 Å². The Kier molecular flexibility index (Phi) is 11.4. The van der Waals surface area contributed by atoms with E-state index >= 15 is 0 Å². The number of nitrogens with one attached hydrogen (secondary N) is 3. The molecule has 6 amide bonds. The molecule has 2 atom stereocenters. The number of carbonyl (C=O) groups excluding carboxylic acids is 4. The summed E-state index contributed by atoms with van der Waals surface area (Å²) in [6.45, 7) is 3.96. The van der Waals surface area contributed by atoms with Crippen LogP contribution in [0.15, 0.2) is 78.9 Å². The Labute approximate surface area is 292 Å². The first-order valence-electron chi connectivity index (χ1n) is 17.0. The summed E-state index contributed by atoms with van der Waals surface area (Å²) in [6, 6.07) is 19.9. The van der Waals surface area contributed by atoms with Crippen LogP contribution in [0.1, 0.15) is 76.0 Å². The Morgan fingerprint density at radius 3 is 2.06 bits per heavy atom. The second-order valence-electron chi connectivity index (χ2n) is 13.4. The van der Waals surface area contributed by atoms with Crippen molar-refractivity contribution in [1.82, 2.24) is 15.1 Å². The molecule has 0 aromatic heterocycles. The minimum atomic E-state index is -1.14. The number of amides is 6. The Hall–Kier alpha value is -5.39. The number of rotatable bonds is 13. The van der Waals surface area contributed by atoms with Crippen LogP contribution >= 0.6 is 0 Å². The maximum absolute atomic E-state index is 14.5. The molecule has 2 fully saturated rings. The van der Waals surface area contributed by atoms with Crippen molar-refractivity contribution in [3.63, 3.8) is 0 Å². The van der Waals surface area contributed by atoms with E-state index in [0.29, 0.717) is 35.5 Å². The van der Waals surface area contributed by atoms with Gasteiger partial charge in [-0.1, -0.05) is 75.6 Å². The van der Waals surface area contributed by atoms with Gasteiger partial charge in [-0.2, -0.15) is 0 Å². The highest BCUT2D eigenvalue weighted by atomic mass is 16.5. The first-order valence-corrected chi connectivity index (χ1v) is 17.0. The first-order chi connectivity index (χ1) is 24.0. The first kappa shape index (κ1) is 35.9. The molecule has 3 aromatic carbocycles. The molecule has 12 heteroatoms. The number of ether oxygens (including phenoxy) is 1. The maximum atomic E-state index is 14.5. The van der Waals surface area contributed by atoms with E-state index in [1.165, 1.54) is 7.11 Å². The third-order valence-electron chi connectivity index (χ3n) is 9.36. The van der Waals surface area contributed by atoms with Crippen LogP contribution in [0.5, 0.6) is 5.75 Å². The van der Waals surface area contributed by atoms with Crippen molar-refractivity contribution in [2.24, 2.45) is 5.92 Å². The fourth-order valence-electron chi connectivity index (χ4n) is 6.85. The summed E-state index contributed by atoms with van der Waals surface area (Å²) in [5.74, 6) is -1.55. The lowest BCUT2D eigenvalue weighted by atomic mass is 9.80. The molecule has 12 nitrogen and oxygen atoms in total. The van der Waals surface area contributed by atoms with Crippen LogP contribution in [0.25, 0.3) is 0 Å². The lowest BCUT2D eigenvalue weighted by Gasteiger charge is -2.38. The fraction of sp³-hybridized carbons (Fsp3) is 0.395. The second kappa shape index (κ2) is 15.9. The third-order valence-corrected chi connectivity index (χ3v) is 9.36. The highest BCUT2D eigenvalue weighted by Crippen LogP contribution is 2.43. The SMILES string of the molecule is COc1ccc(C(CC(=O)O)NC(=O)[C@H](CC(C)C)N2C(=O)N(Cc3ccc(NC(=O)Nc4ccccc4)cc3)C3(CCCCC3)C2=O)cc1. The zero-order valence-corrected chi connectivity index (χ0v) is 28.7. The van der Waals surface area contributed by atoms with Crippen LogP contribution < -0.4 is 20.7 Å². The van der Waals surface area contributed by atoms with Crippen LogP contribution in [0.2, 0.25) is 0 Å². The average Bonchev–Trinajstić information content (AvgIpc) is 3.28. The minimum Gasteiger partial charge on any atom is -0.497 e. The molecule has 1 aliphatic heterocycles. The zero-order chi connectivity index (χ0) is 35.8. The topological polar surface area (TPSA) is 157 Å². The smallest absolute Gasteiger partial charge is 0.328 e. The van der Waals surface area contributed by atoms with Gasteiger partial charge in [0.05, 0.1) is 19.6 Å². The number of carbonyl (C=O) groups is 5. The van der Waals surface area contributed by atoms with Gasteiger partial charge in [0, 0.05) is 17.9 Å². The summed E-state index contributed by atoms with van der Waals surface area (Å²) in [4.78, 5) is 70.0. The lowest BCUT2D eigenvalue weighted by Crippen LogP contribution is -2.53. The van der Waals surface area contributed by atoms with Crippen molar-refractivity contribution in [3.8, 4) is 5.75 Å². The van der Waals surface area contributed by atoms with Crippen LogP contribution in [0.4, 0.5) is 21.0 Å². The van der Waals surface area contributed by atoms with Crippen LogP contribution in [0, 0.1) is 5.92 Å². The summed E-state index contributed by atoms with van der Waals surface area (Å²) in [6.07, 6.45) is 3.26. The van der Waals surface area contributed by atoms with Gasteiger partial charge in [-0.05, 0) is 72.7 Å². The maximum Gasteiger partial charge on any atom is 0.328 e. The predicted octanol–water partition coefficient (Wildman–Crippen LogP) is 6.55. The quantitative estimate of drug-likeness (QED) is 0.149. The lowest BCUT2D eigenvalue weighted by molar-refractivity contribution is -0.142. The van der Waals surface area contributed by atoms with Gasteiger partial charge in [0.1, 0.15) is 17.3 Å². The number of anilines is 2. The van der Waals surface area contributed by atoms with Crippen LogP contribution in [-0.2, 0) is 20.9 Å². The van der Waals surface area contributed by atoms with Crippen molar-refractivity contribution in [2.45, 2.75) is 83.0 Å². The fourth-order valence-corrected chi connectivity index (χ4v) is 6.85. The number of para-hydroxylation sites is 1. The van der Waals surface area contributed by atoms with Gasteiger partial charge in [0.2, 0.25) is 5.91 Å². The van der Waals surface area contributed by atoms with E-state index < -0.39 is 47.5 Å². The summed E-state index contributed by atoms with van der Waals surface area (Å²) in [7, 11) is 1.52. The molecular weight excluding hydrogens is 638 g/mol. The van der Waals surface area contributed by atoms with E-state index in [9.17, 15) is 29.1 Å². The van der Waals surface area contributed by atoms with Gasteiger partial charge >= 0.3 is 18.0 Å². The third kappa shape index (κ3) is 8.24. The molecule has 0 bridgehead atoms. The molecule has 2 aliphatic rings. The predicted molar refractivity (Wildman–Crippen MR) is 188 cm³/mol. The monoisotopic (exact) mass is 683 g/mol. The van der Waals surface area contributed by atoms with Crippen molar-refractivity contribution in [1.29, 1.82) is 0 Å². The summed E-state index contributed by atoms with van der Waals surface area (Å²) >= 11 is 0. The standard InChI is InChI=1S/C38H45N5O7/c1-25(2)22-32(34(46)41-31(23-33(44)45)27-14-18-30(50-3)19-15-27)43-35(47)38(20-8-5-9-21-38)42(37(43)49)24-26-12-16-29(17-13-26)40-36(48)39-28-10-6-4-7-11-28/h4,6-7,10-19,25,31-32H,5,8-9,20-24H2,1-3H3,(H,41,46)(H,44,45)(H2,39,40,48)/t31?,32-/m0/s1. The molecule has 1 heterocycles. The molecule has 4 N–H and O–H groups in total. The largest absolute Gasteiger partial charge is 0.497 e. The van der Waals surface area contributed by atoms with Crippen molar-refractivity contribution >= 4 is 41.2 Å². The normalized spacial score (nSPS) is 16.6. The number of nitrogens with zero attached hydrogens (tertiary/aromatic N) is 2. The number of aliphatic carboxylic acids is 1. The van der Waals surface area contributed by atoms with E-state index in [4.69, 9.17) is 4.74 Å². The molecule has 5 rings (SSSR count). The average molecular weight is 684 g/mol. The number of hydrogen-bond acceptors (Lipinski definition) is 6. The zero-order valence-electron chi connectivity index (χ0n) is 28.7. The van der Waals surface area contributed by atoms with Gasteiger partial charge < -0.3 is 30.7 Å². The number of imide groups is 1. The van der Waals surface area contributed by atoms with E-state index in [2.05, 4.69) is 16.0 Å². The number of carboxylic acid groups (broad SMARTS) is 1. The van der Waals surface area contributed by atoms with Crippen molar-refractivity contribution in [2.75, 3.05) is 17.7 Å². The molecule has 50 heavy (non-hydrogen) atoms. The number of methoxy groups -OCH3 is 1. The summed E-state index contributed by atoms with van der Waals surface area (Å²) in [5.41, 5.74) is 1.45. The molecule has 1 saturated carbocycles. The molecule has 0 radical (unpaired) electrons. The van der Waals surface area contributed by atoms with Gasteiger partial charge in [-0.25, -0.2) is 14.5 Å². The van der Waals surface area contributed by atoms with Crippen molar-refractivity contribution < 1.29 is 33.8 Å². The van der Waals surface area contributed by atoms with E-state index in [1.54, 1.807) is 65.6 Å². The minimum absolute atomic E-state index is 0.0549. The van der Waals surface area contributed by atoms with Gasteiger partial charge in [0.25, 0.3) is 5.91 Å².